The van der Waals surface area contributed by atoms with Gasteiger partial charge in [0.2, 0.25) is 5.91 Å². The molecule has 0 bridgehead atoms. The van der Waals surface area contributed by atoms with Crippen molar-refractivity contribution in [3.63, 3.8) is 0 Å². The number of amides is 1. The molecule has 5 heteroatoms. The Morgan fingerprint density at radius 3 is 2.30 bits per heavy atom. The molecule has 1 atom stereocenters. The molecule has 2 N–H and O–H groups in total. The zero-order valence-corrected chi connectivity index (χ0v) is 14.8. The quantitative estimate of drug-likeness (QED) is 0.719. The second-order valence-electron chi connectivity index (χ2n) is 5.63. The molecule has 1 aromatic carbocycles. The van der Waals surface area contributed by atoms with E-state index in [1.54, 1.807) is 14.2 Å². The third-order valence-corrected chi connectivity index (χ3v) is 3.93. The standard InChI is InChI=1S/C18H30N2O3/c1-5-9-20(10-6-2)18(21)11-14(13-19)16-8-7-15(22-3)12-17(16)23-4/h7-8,12,14H,5-6,9-11,13,19H2,1-4H3. The highest BCUT2D eigenvalue weighted by Gasteiger charge is 2.22. The van der Waals surface area contributed by atoms with Gasteiger partial charge in [0.25, 0.3) is 0 Å². The van der Waals surface area contributed by atoms with E-state index >= 15 is 0 Å². The number of benzene rings is 1. The van der Waals surface area contributed by atoms with Gasteiger partial charge in [0.05, 0.1) is 14.2 Å². The number of nitrogens with zero attached hydrogens (tertiary/aromatic N) is 1. The molecule has 5 nitrogen and oxygen atoms in total. The van der Waals surface area contributed by atoms with Crippen molar-refractivity contribution < 1.29 is 14.3 Å². The van der Waals surface area contributed by atoms with Gasteiger partial charge < -0.3 is 20.1 Å². The number of ether oxygens (including phenoxy) is 2. The fourth-order valence-corrected chi connectivity index (χ4v) is 2.72. The summed E-state index contributed by atoms with van der Waals surface area (Å²) in [5.41, 5.74) is 6.89. The Bertz CT molecular complexity index is 485. The van der Waals surface area contributed by atoms with Crippen molar-refractivity contribution in [2.45, 2.75) is 39.0 Å². The predicted molar refractivity (Wildman–Crippen MR) is 93.1 cm³/mol. The van der Waals surface area contributed by atoms with Gasteiger partial charge in [0.15, 0.2) is 0 Å². The van der Waals surface area contributed by atoms with Crippen LogP contribution in [0.2, 0.25) is 0 Å². The molecule has 0 radical (unpaired) electrons. The van der Waals surface area contributed by atoms with E-state index in [1.165, 1.54) is 0 Å². The first-order valence-corrected chi connectivity index (χ1v) is 8.30. The number of carbonyl (C=O) groups excluding carboxylic acids is 1. The second kappa shape index (κ2) is 10.1. The van der Waals surface area contributed by atoms with Crippen LogP contribution >= 0.6 is 0 Å². The number of carbonyl (C=O) groups is 1. The van der Waals surface area contributed by atoms with Crippen LogP contribution in [0.4, 0.5) is 0 Å². The zero-order valence-electron chi connectivity index (χ0n) is 14.8. The first-order valence-electron chi connectivity index (χ1n) is 8.30. The van der Waals surface area contributed by atoms with Crippen LogP contribution in [0.25, 0.3) is 0 Å². The summed E-state index contributed by atoms with van der Waals surface area (Å²) in [6.07, 6.45) is 2.33. The lowest BCUT2D eigenvalue weighted by Gasteiger charge is -2.25. The maximum Gasteiger partial charge on any atom is 0.223 e. The molecule has 1 amide bonds. The number of nitrogens with two attached hydrogens (primary N) is 1. The summed E-state index contributed by atoms with van der Waals surface area (Å²) < 4.78 is 10.7. The van der Waals surface area contributed by atoms with E-state index in [0.717, 1.165) is 37.2 Å². The minimum atomic E-state index is -0.0560. The highest BCUT2D eigenvalue weighted by molar-refractivity contribution is 5.77. The molecule has 0 heterocycles. The van der Waals surface area contributed by atoms with Gasteiger partial charge in [0.1, 0.15) is 11.5 Å². The Balaban J connectivity index is 2.93. The molecule has 0 fully saturated rings. The SMILES string of the molecule is CCCN(CCC)C(=O)CC(CN)c1ccc(OC)cc1OC. The van der Waals surface area contributed by atoms with Gasteiger partial charge in [-0.2, -0.15) is 0 Å². The molecular weight excluding hydrogens is 292 g/mol. The van der Waals surface area contributed by atoms with Crippen molar-refractivity contribution in [3.8, 4) is 11.5 Å². The smallest absolute Gasteiger partial charge is 0.223 e. The Morgan fingerprint density at radius 1 is 1.17 bits per heavy atom. The van der Waals surface area contributed by atoms with E-state index in [1.807, 2.05) is 23.1 Å². The lowest BCUT2D eigenvalue weighted by Crippen LogP contribution is -2.34. The van der Waals surface area contributed by atoms with E-state index in [2.05, 4.69) is 13.8 Å². The molecule has 130 valence electrons. The van der Waals surface area contributed by atoms with Gasteiger partial charge in [-0.1, -0.05) is 19.9 Å². The van der Waals surface area contributed by atoms with E-state index in [-0.39, 0.29) is 11.8 Å². The van der Waals surface area contributed by atoms with Gasteiger partial charge >= 0.3 is 0 Å². The average molecular weight is 322 g/mol. The average Bonchev–Trinajstić information content (AvgIpc) is 2.58. The summed E-state index contributed by atoms with van der Waals surface area (Å²) >= 11 is 0. The van der Waals surface area contributed by atoms with Crippen molar-refractivity contribution in [1.29, 1.82) is 0 Å². The van der Waals surface area contributed by atoms with Crippen LogP contribution in [0.15, 0.2) is 18.2 Å². The maximum atomic E-state index is 12.6. The van der Waals surface area contributed by atoms with Gasteiger partial charge in [-0.15, -0.1) is 0 Å². The van der Waals surface area contributed by atoms with Crippen LogP contribution in [0.1, 0.15) is 44.6 Å². The fourth-order valence-electron chi connectivity index (χ4n) is 2.72. The van der Waals surface area contributed by atoms with Gasteiger partial charge in [-0.25, -0.2) is 0 Å². The van der Waals surface area contributed by atoms with Crippen molar-refractivity contribution in [1.82, 2.24) is 4.90 Å². The molecule has 0 aliphatic rings. The van der Waals surface area contributed by atoms with Crippen LogP contribution in [0.3, 0.4) is 0 Å². The molecule has 1 unspecified atom stereocenters. The molecule has 0 aliphatic carbocycles. The fraction of sp³-hybridized carbons (Fsp3) is 0.611. The van der Waals surface area contributed by atoms with Crippen LogP contribution in [-0.2, 0) is 4.79 Å². The van der Waals surface area contributed by atoms with Crippen molar-refractivity contribution >= 4 is 5.91 Å². The first-order chi connectivity index (χ1) is 11.1. The van der Waals surface area contributed by atoms with Crippen molar-refractivity contribution in [3.05, 3.63) is 23.8 Å². The summed E-state index contributed by atoms with van der Waals surface area (Å²) in [7, 11) is 3.24. The minimum absolute atomic E-state index is 0.0560. The lowest BCUT2D eigenvalue weighted by molar-refractivity contribution is -0.131. The third kappa shape index (κ3) is 5.43. The van der Waals surface area contributed by atoms with E-state index in [4.69, 9.17) is 15.2 Å². The minimum Gasteiger partial charge on any atom is -0.497 e. The Hall–Kier alpha value is -1.75. The number of rotatable bonds is 10. The van der Waals surface area contributed by atoms with E-state index < -0.39 is 0 Å². The predicted octanol–water partition coefficient (Wildman–Crippen LogP) is 2.78. The molecule has 0 saturated heterocycles. The lowest BCUT2D eigenvalue weighted by atomic mass is 9.94. The topological polar surface area (TPSA) is 64.8 Å². The number of methoxy groups -OCH3 is 2. The van der Waals surface area contributed by atoms with Crippen LogP contribution in [0, 0.1) is 0 Å². The van der Waals surface area contributed by atoms with E-state index in [0.29, 0.717) is 18.7 Å². The second-order valence-corrected chi connectivity index (χ2v) is 5.63. The molecule has 0 spiro atoms. The van der Waals surface area contributed by atoms with Crippen LogP contribution < -0.4 is 15.2 Å². The molecule has 1 aromatic rings. The van der Waals surface area contributed by atoms with Crippen LogP contribution in [0.5, 0.6) is 11.5 Å². The normalized spacial score (nSPS) is 11.9. The largest absolute Gasteiger partial charge is 0.497 e. The molecular formula is C18H30N2O3. The number of hydrogen-bond acceptors (Lipinski definition) is 4. The highest BCUT2D eigenvalue weighted by Crippen LogP contribution is 2.32. The van der Waals surface area contributed by atoms with E-state index in [9.17, 15) is 4.79 Å². The molecule has 1 rings (SSSR count). The summed E-state index contributed by atoms with van der Waals surface area (Å²) in [6, 6.07) is 5.64. The van der Waals surface area contributed by atoms with Crippen LogP contribution in [-0.4, -0.2) is 44.7 Å². The molecule has 0 saturated carbocycles. The highest BCUT2D eigenvalue weighted by atomic mass is 16.5. The maximum absolute atomic E-state index is 12.6. The third-order valence-electron chi connectivity index (χ3n) is 3.93. The zero-order chi connectivity index (χ0) is 17.2. The molecule has 0 aromatic heterocycles. The summed E-state index contributed by atoms with van der Waals surface area (Å²) in [6.45, 7) is 6.17. The Kier molecular flexibility index (Phi) is 8.48. The summed E-state index contributed by atoms with van der Waals surface area (Å²) in [5.74, 6) is 1.54. The Labute approximate surface area is 139 Å². The monoisotopic (exact) mass is 322 g/mol. The van der Waals surface area contributed by atoms with Crippen molar-refractivity contribution in [2.75, 3.05) is 33.9 Å². The summed E-state index contributed by atoms with van der Waals surface area (Å²) in [4.78, 5) is 14.5. The summed E-state index contributed by atoms with van der Waals surface area (Å²) in [5, 5.41) is 0. The molecule has 23 heavy (non-hydrogen) atoms. The van der Waals surface area contributed by atoms with Gasteiger partial charge in [-0.05, 0) is 31.0 Å². The number of hydrogen-bond donors (Lipinski definition) is 1. The Morgan fingerprint density at radius 2 is 1.83 bits per heavy atom. The first kappa shape index (κ1) is 19.3. The van der Waals surface area contributed by atoms with Crippen molar-refractivity contribution in [2.24, 2.45) is 5.73 Å². The molecule has 0 aliphatic heterocycles. The van der Waals surface area contributed by atoms with Gasteiger partial charge in [-0.3, -0.25) is 4.79 Å². The van der Waals surface area contributed by atoms with Gasteiger partial charge in [0, 0.05) is 31.5 Å².